The van der Waals surface area contributed by atoms with Gasteiger partial charge in [0.2, 0.25) is 42.1 Å². The Morgan fingerprint density at radius 3 is 1.21 bits per heavy atom. The number of benzene rings is 2. The number of halogens is 5. The number of carbonyl (C=O) groups excluding carboxylic acids is 13. The van der Waals surface area contributed by atoms with Crippen LogP contribution in [0.5, 0.6) is 11.5 Å². The number of thioether (sulfide) groups is 2. The number of carboxylic acids is 2. The van der Waals surface area contributed by atoms with Crippen molar-refractivity contribution in [1.82, 2.24) is 41.3 Å². The molecule has 14 rings (SSSR count). The Morgan fingerprint density at radius 1 is 0.489 bits per heavy atom. The lowest BCUT2D eigenvalue weighted by molar-refractivity contribution is -0.181. The number of fused-ring (bicyclic) bond motifs is 5. The molecular formula is C92H121Cl5N10O28S2. The number of aliphatic carboxylic acids is 2. The summed E-state index contributed by atoms with van der Waals surface area (Å²) in [7, 11) is 0. The molecule has 38 nitrogen and oxygen atoms in total. The number of rotatable bonds is 33. The zero-order valence-electron chi connectivity index (χ0n) is 77.4. The van der Waals surface area contributed by atoms with Crippen molar-refractivity contribution in [3.05, 3.63) is 105 Å². The molecule has 0 saturated carbocycles. The van der Waals surface area contributed by atoms with Crippen LogP contribution in [0.1, 0.15) is 158 Å². The summed E-state index contributed by atoms with van der Waals surface area (Å²) in [5.41, 5.74) is 9.74. The lowest BCUT2D eigenvalue weighted by Crippen LogP contribution is -2.82. The second kappa shape index (κ2) is 46.2. The third-order valence-corrected chi connectivity index (χ3v) is 30.7. The number of esters is 1. The third kappa shape index (κ3) is 21.8. The molecule has 754 valence electrons. The predicted molar refractivity (Wildman–Crippen MR) is 502 cm³/mol. The highest BCUT2D eigenvalue weighted by Crippen LogP contribution is 2.57. The minimum Gasteiger partial charge on any atom is -0.480 e. The van der Waals surface area contributed by atoms with Crippen LogP contribution in [-0.2, 0) is 84.5 Å². The van der Waals surface area contributed by atoms with Crippen molar-refractivity contribution < 1.29 is 136 Å². The number of hydrogen-bond acceptors (Lipinski definition) is 30. The minimum absolute atomic E-state index is 0.0251. The van der Waals surface area contributed by atoms with E-state index >= 15 is 0 Å². The van der Waals surface area contributed by atoms with Crippen LogP contribution in [0.15, 0.2) is 94.3 Å². The van der Waals surface area contributed by atoms with Crippen molar-refractivity contribution in [3.63, 3.8) is 0 Å². The van der Waals surface area contributed by atoms with Gasteiger partial charge in [-0.2, -0.15) is 0 Å². The maximum absolute atomic E-state index is 13.1. The van der Waals surface area contributed by atoms with E-state index in [1.165, 1.54) is 67.6 Å². The molecule has 137 heavy (non-hydrogen) atoms. The average molecular weight is 2060 g/mol. The van der Waals surface area contributed by atoms with Gasteiger partial charge in [0.15, 0.2) is 16.6 Å². The predicted octanol–water partition coefficient (Wildman–Crippen LogP) is 7.26. The van der Waals surface area contributed by atoms with Gasteiger partial charge < -0.3 is 102 Å². The lowest BCUT2D eigenvalue weighted by atomic mass is 9.69. The zero-order valence-corrected chi connectivity index (χ0v) is 82.8. The summed E-state index contributed by atoms with van der Waals surface area (Å²) in [6.45, 7) is 18.1. The fourth-order valence-electron chi connectivity index (χ4n) is 19.5. The van der Waals surface area contributed by atoms with Gasteiger partial charge in [-0.25, -0.2) is 33.9 Å². The van der Waals surface area contributed by atoms with E-state index in [1.54, 1.807) is 79.3 Å². The van der Waals surface area contributed by atoms with E-state index in [4.69, 9.17) is 108 Å². The molecule has 2 aliphatic carbocycles. The van der Waals surface area contributed by atoms with E-state index in [1.807, 2.05) is 12.3 Å². The molecule has 0 bridgehead atoms. The molecule has 0 spiro atoms. The second-order valence-corrected chi connectivity index (χ2v) is 41.4. The summed E-state index contributed by atoms with van der Waals surface area (Å²) in [6, 6.07) is 6.80. The first-order chi connectivity index (χ1) is 64.7. The molecule has 4 unspecified atom stereocenters. The molecule has 2 aromatic rings. The molecule has 24 atom stereocenters. The quantitative estimate of drug-likeness (QED) is 0.00834. The molecule has 12 aliphatic rings. The highest BCUT2D eigenvalue weighted by molar-refractivity contribution is 8.05. The fourth-order valence-corrected chi connectivity index (χ4v) is 23.7. The van der Waals surface area contributed by atoms with Gasteiger partial charge in [0.1, 0.15) is 33.1 Å². The number of nitrogens with one attached hydrogen (secondary N) is 5. The SMILES string of the molecule is CC(C)[C@@H](O)[C@]12NC(=O)[C@@H](CCCl)[C@H]1N(C(=O)Oc1ccc(CC(N)C(=O)O)cc1)C2=O.CC(OC(=O)C(C)C)OC(=O)N1C(=O)[C@]2([C@@H](O)C(C)C)NC(=O)[C@H](CCCl)[C@H]12.CC(OC(=O)Oc1ccc(CC(N)C(=O)O)cc1)OC(=O)N1C(=O)[C@@]2([C@H](O)C(C)C)NC(=O)[C@@H](CCCl)[C@@H]12.CC1=C(CCCl)[C@@H]2NC(=O)[C@]2([C@@H](O)[C@H]2C=CCCC2)S1.O=C1N[C@H]2C(CCCl)=CS[C@@]12[C@@H](O)[C@H]1C=CCCC1. The molecule has 8 fully saturated rings. The van der Waals surface area contributed by atoms with Crippen molar-refractivity contribution in [2.45, 2.75) is 271 Å². The van der Waals surface area contributed by atoms with Crippen molar-refractivity contribution in [2.24, 2.45) is 64.7 Å². The van der Waals surface area contributed by atoms with Gasteiger partial charge in [-0.3, -0.25) is 52.7 Å². The Hall–Kier alpha value is -8.88. The summed E-state index contributed by atoms with van der Waals surface area (Å²) >= 11 is 32.1. The average Bonchev–Trinajstić information content (AvgIpc) is 1.55. The molecule has 2 aromatic carbocycles. The van der Waals surface area contributed by atoms with Crippen molar-refractivity contribution in [3.8, 4) is 11.5 Å². The van der Waals surface area contributed by atoms with Gasteiger partial charge in [0.05, 0.1) is 84.4 Å². The molecule has 10 aliphatic heterocycles. The van der Waals surface area contributed by atoms with Crippen LogP contribution in [0.25, 0.3) is 0 Å². The van der Waals surface area contributed by atoms with Gasteiger partial charge in [-0.15, -0.1) is 81.5 Å². The van der Waals surface area contributed by atoms with Crippen LogP contribution in [0.2, 0.25) is 0 Å². The Balaban J connectivity index is 0.000000180. The van der Waals surface area contributed by atoms with Gasteiger partial charge in [-0.1, -0.05) is 104 Å². The minimum atomic E-state index is -1.68. The van der Waals surface area contributed by atoms with E-state index in [2.05, 4.69) is 50.9 Å². The summed E-state index contributed by atoms with van der Waals surface area (Å²) in [4.78, 5) is 188. The van der Waals surface area contributed by atoms with Crippen molar-refractivity contribution in [1.29, 1.82) is 0 Å². The van der Waals surface area contributed by atoms with E-state index in [0.29, 0.717) is 22.9 Å². The monoisotopic (exact) mass is 2050 g/mol. The smallest absolute Gasteiger partial charge is 0.480 e. The summed E-state index contributed by atoms with van der Waals surface area (Å²) in [6.07, 6.45) is 5.04. The molecular weight excluding hydrogens is 1930 g/mol. The van der Waals surface area contributed by atoms with Crippen LogP contribution in [0.4, 0.5) is 19.2 Å². The first kappa shape index (κ1) is 110. The Labute approximate surface area is 825 Å². The highest BCUT2D eigenvalue weighted by atomic mass is 35.5. The number of nitrogens with zero attached hydrogens (tertiary/aromatic N) is 3. The number of aliphatic hydroxyl groups is 5. The van der Waals surface area contributed by atoms with E-state index < -0.39 is 207 Å². The molecule has 11 amide bonds. The summed E-state index contributed by atoms with van der Waals surface area (Å²) < 4.78 is 29.0. The topological polar surface area (TPSA) is 575 Å². The first-order valence-electron chi connectivity index (χ1n) is 45.4. The largest absolute Gasteiger partial charge is 0.516 e. The van der Waals surface area contributed by atoms with E-state index in [0.717, 1.165) is 76.5 Å². The van der Waals surface area contributed by atoms with E-state index in [9.17, 15) is 97.5 Å². The highest BCUT2D eigenvalue weighted by Gasteiger charge is 2.78. The molecule has 8 saturated heterocycles. The van der Waals surface area contributed by atoms with Gasteiger partial charge in [-0.05, 0) is 165 Å². The number of allylic oxidation sites excluding steroid dienone is 3. The van der Waals surface area contributed by atoms with Crippen LogP contribution in [0, 0.1) is 53.3 Å². The number of alkyl halides is 5. The molecule has 16 N–H and O–H groups in total. The van der Waals surface area contributed by atoms with Gasteiger partial charge in [0.25, 0.3) is 17.7 Å². The zero-order chi connectivity index (χ0) is 101. The van der Waals surface area contributed by atoms with Crippen LogP contribution in [0.3, 0.4) is 0 Å². The number of aliphatic hydroxyl groups excluding tert-OH is 5. The van der Waals surface area contributed by atoms with Gasteiger partial charge >= 0.3 is 42.3 Å². The van der Waals surface area contributed by atoms with Crippen LogP contribution in [-0.4, -0.2) is 281 Å². The number of carbonyl (C=O) groups is 15. The normalized spacial score (nSPS) is 29.5. The molecule has 45 heteroatoms. The number of likely N-dealkylation sites (tertiary alicyclic amines) is 3. The fraction of sp³-hybridized carbons (Fsp3) is 0.620. The van der Waals surface area contributed by atoms with Crippen LogP contribution >= 0.6 is 81.5 Å². The molecule has 0 aromatic heterocycles. The Morgan fingerprint density at radius 2 is 0.861 bits per heavy atom. The molecule has 0 radical (unpaired) electrons. The number of ether oxygens (including phenoxy) is 6. The van der Waals surface area contributed by atoms with Crippen molar-refractivity contribution in [2.75, 3.05) is 29.4 Å². The van der Waals surface area contributed by atoms with Crippen molar-refractivity contribution >= 4 is 171 Å². The van der Waals surface area contributed by atoms with Crippen LogP contribution < -0.4 is 47.5 Å². The number of hydrogen-bond donors (Lipinski definition) is 14. The summed E-state index contributed by atoms with van der Waals surface area (Å²) in [5.74, 6) is -8.65. The third-order valence-electron chi connectivity index (χ3n) is 26.6. The maximum atomic E-state index is 13.1. The molecule has 10 heterocycles. The lowest BCUT2D eigenvalue weighted by Gasteiger charge is -2.53. The standard InChI is InChI=1S/C24H30ClN3O10.C21H26ClN3O7.C18H27ClN2O7.C15H20ClNO2S.C14H18ClNO2S/c1-11(2)18(29)24-17(15(8-9-25)19(30)27-24)28(21(24)33)22(34)36-12(3)37-23(35)38-14-6-4-13(5-7-14)10-16(26)20(31)32;1-10(2)16(26)21-15(13(7-8-22)17(27)24-21)25(19(21)30)20(31)32-12-5-3-11(4-6-12)9-14(23)18(28)29;1-8(2)13(22)18-12(11(6-7-19)14(23)20-18)21(16(18)25)17(26)28-10(5)27-15(24)9(3)4;1-9-11(7-8-16)12-15(20-9,14(19)17-12)13(18)10-5-3-2-4-6-10;15-7-6-10-8-19-14(11(10)16-13(14)18)12(17)9-4-2-1-3-5-9/h4-7,11-12,15-18,29H,8-10,26H2,1-3H3,(H,27,30)(H,31,32);3-6,10,13-16,26H,7-9,23H2,1-2H3,(H,24,27)(H,28,29);8-13,22H,6-7H2,1-5H3,(H,20,23);3,5,10,12-13,18H,2,4,6-8H2,1H3,(H,17,19);2,4,8-9,11-12,17H,1,3,5-7H2,(H,16,18)/t12?,15-,16?,17+,18+,24+;13-,14?,15+,16+,21+;10?,11-,12+,13+,18+;10-,12-,13-,15-;9-,11-,12-,14-/m00100/s1. The second-order valence-electron chi connectivity index (χ2n) is 36.9. The number of nitrogens with two attached hydrogens (primary N) is 2. The maximum Gasteiger partial charge on any atom is 0.516 e. The number of carboxylic acid groups (broad SMARTS) is 2. The Kier molecular flexibility index (Phi) is 37.2. The number of β-lactam (4-membered cyclic amide) rings is 5. The Bertz CT molecular complexity index is 5000. The van der Waals surface area contributed by atoms with E-state index in [-0.39, 0.29) is 109 Å². The van der Waals surface area contributed by atoms with Gasteiger partial charge in [0, 0.05) is 55.1 Å². The number of imide groups is 3. The first-order valence-corrected chi connectivity index (χ1v) is 49.8. The number of amides is 11. The summed E-state index contributed by atoms with van der Waals surface area (Å²) in [5, 5.41) is 87.1.